The zero-order valence-electron chi connectivity index (χ0n) is 10.3. The fourth-order valence-corrected chi connectivity index (χ4v) is 1.90. The minimum Gasteiger partial charge on any atom is -0.503 e. The number of hydrogen-bond acceptors (Lipinski definition) is 3. The molecule has 1 aromatic rings. The van der Waals surface area contributed by atoms with Crippen LogP contribution >= 0.6 is 0 Å². The number of phenolic OH excluding ortho intramolecular Hbond substituents is 1. The predicted molar refractivity (Wildman–Crippen MR) is 61.5 cm³/mol. The summed E-state index contributed by atoms with van der Waals surface area (Å²) >= 11 is 0. The molecule has 1 aliphatic rings. The zero-order chi connectivity index (χ0) is 14.9. The van der Waals surface area contributed by atoms with E-state index in [1.165, 1.54) is 0 Å². The Morgan fingerprint density at radius 3 is 2.70 bits per heavy atom. The monoisotopic (exact) mass is 288 g/mol. The normalized spacial score (nSPS) is 15.8. The Hall–Kier alpha value is -2.25. The Labute approximate surface area is 112 Å². The quantitative estimate of drug-likeness (QED) is 0.750. The molecule has 2 N–H and O–H groups in total. The maximum absolute atomic E-state index is 13.6. The highest BCUT2D eigenvalue weighted by Gasteiger charge is 2.27. The Kier molecular flexibility index (Phi) is 3.82. The molecule has 8 heteroatoms. The molecule has 20 heavy (non-hydrogen) atoms. The maximum Gasteiger partial charge on any atom is 0.257 e. The van der Waals surface area contributed by atoms with Gasteiger partial charge < -0.3 is 15.3 Å². The number of carbonyl (C=O) groups is 2. The van der Waals surface area contributed by atoms with Crippen LogP contribution in [0.1, 0.15) is 16.8 Å². The van der Waals surface area contributed by atoms with Crippen LogP contribution in [0.3, 0.4) is 0 Å². The van der Waals surface area contributed by atoms with E-state index in [0.717, 1.165) is 4.90 Å². The molecule has 1 aromatic carbocycles. The van der Waals surface area contributed by atoms with Crippen molar-refractivity contribution in [2.45, 2.75) is 6.42 Å². The smallest absolute Gasteiger partial charge is 0.257 e. The van der Waals surface area contributed by atoms with Gasteiger partial charge in [-0.25, -0.2) is 8.78 Å². The Balaban J connectivity index is 2.35. The second kappa shape index (κ2) is 5.40. The highest BCUT2D eigenvalue weighted by Crippen LogP contribution is 2.26. The number of amides is 2. The summed E-state index contributed by atoms with van der Waals surface area (Å²) in [7, 11) is 0. The van der Waals surface area contributed by atoms with Gasteiger partial charge in [-0.3, -0.25) is 9.59 Å². The second-order valence-corrected chi connectivity index (χ2v) is 4.31. The SMILES string of the molecule is O=C1CN(C(=O)c2cc(F)c(F)c(O)c2F)CCCN1. The topological polar surface area (TPSA) is 69.6 Å². The molecule has 0 bridgehead atoms. The average molecular weight is 288 g/mol. The maximum atomic E-state index is 13.6. The van der Waals surface area contributed by atoms with Crippen LogP contribution in [-0.2, 0) is 4.79 Å². The molecule has 0 spiro atoms. The molecule has 1 saturated heterocycles. The van der Waals surface area contributed by atoms with Gasteiger partial charge in [0.1, 0.15) is 0 Å². The number of benzene rings is 1. The van der Waals surface area contributed by atoms with Gasteiger partial charge in [-0.1, -0.05) is 0 Å². The van der Waals surface area contributed by atoms with E-state index in [1.807, 2.05) is 0 Å². The van der Waals surface area contributed by atoms with Crippen molar-refractivity contribution in [1.29, 1.82) is 0 Å². The fraction of sp³-hybridized carbons (Fsp3) is 0.333. The largest absolute Gasteiger partial charge is 0.503 e. The number of rotatable bonds is 1. The molecule has 108 valence electrons. The third-order valence-corrected chi connectivity index (χ3v) is 2.91. The third kappa shape index (κ3) is 2.54. The van der Waals surface area contributed by atoms with Crippen molar-refractivity contribution in [3.05, 3.63) is 29.1 Å². The highest BCUT2D eigenvalue weighted by molar-refractivity contribution is 5.97. The van der Waals surface area contributed by atoms with Gasteiger partial charge in [0.15, 0.2) is 17.4 Å². The summed E-state index contributed by atoms with van der Waals surface area (Å²) in [6.07, 6.45) is 0.453. The Morgan fingerprint density at radius 2 is 2.00 bits per heavy atom. The molecular weight excluding hydrogens is 277 g/mol. The first-order chi connectivity index (χ1) is 9.41. The van der Waals surface area contributed by atoms with Crippen LogP contribution in [-0.4, -0.2) is 41.5 Å². The number of aromatic hydroxyl groups is 1. The summed E-state index contributed by atoms with van der Waals surface area (Å²) < 4.78 is 39.7. The fourth-order valence-electron chi connectivity index (χ4n) is 1.90. The van der Waals surface area contributed by atoms with Gasteiger partial charge in [-0.2, -0.15) is 4.39 Å². The number of hydrogen-bond donors (Lipinski definition) is 2. The molecule has 0 radical (unpaired) electrons. The van der Waals surface area contributed by atoms with E-state index in [-0.39, 0.29) is 13.1 Å². The van der Waals surface area contributed by atoms with Crippen molar-refractivity contribution < 1.29 is 27.9 Å². The molecule has 0 atom stereocenters. The Bertz CT molecular complexity index is 578. The van der Waals surface area contributed by atoms with Crippen molar-refractivity contribution >= 4 is 11.8 Å². The summed E-state index contributed by atoms with van der Waals surface area (Å²) in [6, 6.07) is 0.371. The molecule has 0 saturated carbocycles. The molecule has 0 aromatic heterocycles. The second-order valence-electron chi connectivity index (χ2n) is 4.31. The van der Waals surface area contributed by atoms with E-state index in [2.05, 4.69) is 5.32 Å². The summed E-state index contributed by atoms with van der Waals surface area (Å²) in [4.78, 5) is 24.4. The van der Waals surface area contributed by atoms with Gasteiger partial charge >= 0.3 is 0 Å². The van der Waals surface area contributed by atoms with Gasteiger partial charge in [0.2, 0.25) is 11.7 Å². The lowest BCUT2D eigenvalue weighted by Gasteiger charge is -2.19. The Morgan fingerprint density at radius 1 is 1.30 bits per heavy atom. The molecule has 2 amide bonds. The van der Waals surface area contributed by atoms with Gasteiger partial charge in [0.25, 0.3) is 5.91 Å². The lowest BCUT2D eigenvalue weighted by atomic mass is 10.1. The van der Waals surface area contributed by atoms with Crippen molar-refractivity contribution in [1.82, 2.24) is 10.2 Å². The van der Waals surface area contributed by atoms with Crippen molar-refractivity contribution in [3.8, 4) is 5.75 Å². The summed E-state index contributed by atoms with van der Waals surface area (Å²) in [6.45, 7) is 0.225. The van der Waals surface area contributed by atoms with Gasteiger partial charge in [0.05, 0.1) is 12.1 Å². The number of nitrogens with zero attached hydrogens (tertiary/aromatic N) is 1. The van der Waals surface area contributed by atoms with Crippen LogP contribution in [0.5, 0.6) is 5.75 Å². The first-order valence-corrected chi connectivity index (χ1v) is 5.84. The minimum atomic E-state index is -1.76. The predicted octanol–water partition coefficient (Wildman–Crippen LogP) is 0.772. The molecule has 1 heterocycles. The van der Waals surface area contributed by atoms with Crippen LogP contribution in [0.4, 0.5) is 13.2 Å². The highest BCUT2D eigenvalue weighted by atomic mass is 19.2. The van der Waals surface area contributed by atoms with Gasteiger partial charge in [0, 0.05) is 13.1 Å². The number of phenols is 1. The summed E-state index contributed by atoms with van der Waals surface area (Å²) in [5.74, 6) is -7.79. The zero-order valence-corrected chi connectivity index (χ0v) is 10.3. The average Bonchev–Trinajstić information content (AvgIpc) is 2.64. The minimum absolute atomic E-state index is 0.163. The van der Waals surface area contributed by atoms with Crippen LogP contribution in [0, 0.1) is 17.5 Å². The van der Waals surface area contributed by atoms with Crippen molar-refractivity contribution in [2.24, 2.45) is 0 Å². The lowest BCUT2D eigenvalue weighted by molar-refractivity contribution is -0.121. The van der Waals surface area contributed by atoms with E-state index in [1.54, 1.807) is 0 Å². The van der Waals surface area contributed by atoms with E-state index in [4.69, 9.17) is 5.11 Å². The van der Waals surface area contributed by atoms with Gasteiger partial charge in [-0.15, -0.1) is 0 Å². The molecular formula is C12H11F3N2O3. The van der Waals surface area contributed by atoms with E-state index in [9.17, 15) is 22.8 Å². The molecule has 2 rings (SSSR count). The molecule has 1 fully saturated rings. The molecule has 0 unspecified atom stereocenters. The number of halogens is 3. The standard InChI is InChI=1S/C12H11F3N2O3/c13-7-4-6(9(14)11(19)10(7)15)12(20)17-3-1-2-16-8(18)5-17/h4,19H,1-3,5H2,(H,16,18). The lowest BCUT2D eigenvalue weighted by Crippen LogP contribution is -2.37. The summed E-state index contributed by atoms with van der Waals surface area (Å²) in [5.41, 5.74) is -0.809. The van der Waals surface area contributed by atoms with Crippen LogP contribution < -0.4 is 5.32 Å². The van der Waals surface area contributed by atoms with E-state index < -0.39 is 40.6 Å². The molecule has 0 aliphatic carbocycles. The first-order valence-electron chi connectivity index (χ1n) is 5.84. The molecule has 5 nitrogen and oxygen atoms in total. The third-order valence-electron chi connectivity index (χ3n) is 2.91. The van der Waals surface area contributed by atoms with Gasteiger partial charge in [-0.05, 0) is 12.5 Å². The van der Waals surface area contributed by atoms with E-state index in [0.29, 0.717) is 19.0 Å². The van der Waals surface area contributed by atoms with Crippen LogP contribution in [0.25, 0.3) is 0 Å². The number of carbonyl (C=O) groups excluding carboxylic acids is 2. The number of nitrogens with one attached hydrogen (secondary N) is 1. The summed E-state index contributed by atoms with van der Waals surface area (Å²) in [5, 5.41) is 11.6. The first kappa shape index (κ1) is 14.2. The van der Waals surface area contributed by atoms with Crippen LogP contribution in [0.15, 0.2) is 6.07 Å². The van der Waals surface area contributed by atoms with Crippen molar-refractivity contribution in [2.75, 3.05) is 19.6 Å². The van der Waals surface area contributed by atoms with Crippen molar-refractivity contribution in [3.63, 3.8) is 0 Å². The molecule has 1 aliphatic heterocycles. The van der Waals surface area contributed by atoms with Crippen LogP contribution in [0.2, 0.25) is 0 Å². The van der Waals surface area contributed by atoms with E-state index >= 15 is 0 Å².